The number of likely N-dealkylation sites (N-methyl/N-ethyl adjacent to an activating group) is 1. The molecule has 0 aliphatic carbocycles. The average Bonchev–Trinajstić information content (AvgIpc) is 3.13. The lowest BCUT2D eigenvalue weighted by Crippen LogP contribution is -2.40. The van der Waals surface area contributed by atoms with Gasteiger partial charge in [-0.05, 0) is 30.9 Å². The van der Waals surface area contributed by atoms with E-state index in [9.17, 15) is 14.0 Å². The summed E-state index contributed by atoms with van der Waals surface area (Å²) in [5, 5.41) is 3.29. The molecule has 0 fully saturated rings. The summed E-state index contributed by atoms with van der Waals surface area (Å²) in [5.74, 6) is -0.590. The van der Waals surface area contributed by atoms with E-state index in [0.717, 1.165) is 10.8 Å². The number of hydrogen-bond acceptors (Lipinski definition) is 4. The maximum absolute atomic E-state index is 12.8. The number of carbonyl (C=O) groups excluding carboxylic acids is 2. The van der Waals surface area contributed by atoms with Crippen molar-refractivity contribution in [3.63, 3.8) is 0 Å². The number of rotatable bonds is 8. The maximum Gasteiger partial charge on any atom is 0.254 e. The minimum Gasteiger partial charge on any atom is -0.358 e. The fraction of sp³-hybridized carbons (Fsp3) is 0.353. The number of hydrogen-bond donors (Lipinski definition) is 1. The van der Waals surface area contributed by atoms with Crippen LogP contribution in [0.2, 0.25) is 0 Å². The van der Waals surface area contributed by atoms with Gasteiger partial charge in [0.25, 0.3) is 5.91 Å². The molecule has 25 heavy (non-hydrogen) atoms. The van der Waals surface area contributed by atoms with Gasteiger partial charge in [-0.1, -0.05) is 17.8 Å². The standard InChI is InChI=1S/C17H21FN4O2S/c1-19-15(23)12-21(9-4-7-18)16(24)13-5-3-6-14(11-13)22-10-8-20-17(22)25-2/h3,5-6,8,10-11H,4,7,9,12H2,1-2H3,(H,19,23). The van der Waals surface area contributed by atoms with Gasteiger partial charge in [-0.25, -0.2) is 4.98 Å². The Bertz CT molecular complexity index is 735. The topological polar surface area (TPSA) is 67.2 Å². The molecule has 2 aromatic rings. The van der Waals surface area contributed by atoms with Crippen molar-refractivity contribution in [2.75, 3.05) is 33.1 Å². The fourth-order valence-electron chi connectivity index (χ4n) is 2.36. The van der Waals surface area contributed by atoms with Crippen LogP contribution < -0.4 is 5.32 Å². The normalized spacial score (nSPS) is 10.5. The highest BCUT2D eigenvalue weighted by molar-refractivity contribution is 7.98. The summed E-state index contributed by atoms with van der Waals surface area (Å²) in [7, 11) is 1.50. The second kappa shape index (κ2) is 9.22. The predicted molar refractivity (Wildman–Crippen MR) is 95.9 cm³/mol. The molecular formula is C17H21FN4O2S. The SMILES string of the molecule is CNC(=O)CN(CCCF)C(=O)c1cccc(-n2ccnc2SC)c1. The molecule has 0 radical (unpaired) electrons. The molecule has 1 N–H and O–H groups in total. The van der Waals surface area contributed by atoms with Crippen molar-refractivity contribution in [1.29, 1.82) is 0 Å². The van der Waals surface area contributed by atoms with Crippen LogP contribution in [0.15, 0.2) is 41.8 Å². The molecule has 0 saturated carbocycles. The van der Waals surface area contributed by atoms with Gasteiger partial charge in [0.1, 0.15) is 0 Å². The van der Waals surface area contributed by atoms with E-state index < -0.39 is 6.67 Å². The number of alkyl halides is 1. The highest BCUT2D eigenvalue weighted by Crippen LogP contribution is 2.19. The number of aromatic nitrogens is 2. The number of amides is 2. The number of nitrogens with zero attached hydrogens (tertiary/aromatic N) is 3. The maximum atomic E-state index is 12.8. The van der Waals surface area contributed by atoms with Crippen molar-refractivity contribution in [2.45, 2.75) is 11.6 Å². The van der Waals surface area contributed by atoms with E-state index in [2.05, 4.69) is 10.3 Å². The Kier molecular flexibility index (Phi) is 7.00. The summed E-state index contributed by atoms with van der Waals surface area (Å²) in [6.07, 6.45) is 5.64. The predicted octanol–water partition coefficient (Wildman–Crippen LogP) is 2.14. The Morgan fingerprint density at radius 1 is 1.40 bits per heavy atom. The molecule has 8 heteroatoms. The third-order valence-electron chi connectivity index (χ3n) is 3.62. The molecular weight excluding hydrogens is 343 g/mol. The minimum atomic E-state index is -0.538. The highest BCUT2D eigenvalue weighted by Gasteiger charge is 2.19. The molecule has 0 atom stereocenters. The first-order chi connectivity index (χ1) is 12.1. The first-order valence-electron chi connectivity index (χ1n) is 7.84. The number of thioether (sulfide) groups is 1. The fourth-order valence-corrected chi connectivity index (χ4v) is 2.89. The Morgan fingerprint density at radius 2 is 2.20 bits per heavy atom. The van der Waals surface area contributed by atoms with Gasteiger partial charge >= 0.3 is 0 Å². The van der Waals surface area contributed by atoms with Crippen LogP contribution in [-0.2, 0) is 4.79 Å². The summed E-state index contributed by atoms with van der Waals surface area (Å²) >= 11 is 1.50. The lowest BCUT2D eigenvalue weighted by Gasteiger charge is -2.21. The van der Waals surface area contributed by atoms with Crippen LogP contribution in [0.4, 0.5) is 4.39 Å². The van der Waals surface area contributed by atoms with Gasteiger partial charge in [0.15, 0.2) is 5.16 Å². The summed E-state index contributed by atoms with van der Waals surface area (Å²) in [6.45, 7) is -0.446. The Morgan fingerprint density at radius 3 is 2.88 bits per heavy atom. The average molecular weight is 364 g/mol. The van der Waals surface area contributed by atoms with Crippen molar-refractivity contribution in [3.05, 3.63) is 42.2 Å². The third kappa shape index (κ3) is 4.82. The number of imidazole rings is 1. The van der Waals surface area contributed by atoms with Gasteiger partial charge in [0.2, 0.25) is 5.91 Å². The molecule has 6 nitrogen and oxygen atoms in total. The van der Waals surface area contributed by atoms with Crippen LogP contribution in [0.5, 0.6) is 0 Å². The van der Waals surface area contributed by atoms with E-state index in [1.807, 2.05) is 23.1 Å². The van der Waals surface area contributed by atoms with Gasteiger partial charge in [-0.2, -0.15) is 0 Å². The molecule has 0 unspecified atom stereocenters. The van der Waals surface area contributed by atoms with Gasteiger partial charge in [0.05, 0.1) is 13.2 Å². The molecule has 0 aliphatic rings. The van der Waals surface area contributed by atoms with Crippen LogP contribution >= 0.6 is 11.8 Å². The summed E-state index contributed by atoms with van der Waals surface area (Å²) < 4.78 is 14.4. The smallest absolute Gasteiger partial charge is 0.254 e. The summed E-state index contributed by atoms with van der Waals surface area (Å²) in [4.78, 5) is 30.0. The molecule has 134 valence electrons. The van der Waals surface area contributed by atoms with Crippen LogP contribution in [-0.4, -0.2) is 59.3 Å². The summed E-state index contributed by atoms with van der Waals surface area (Å²) in [5.41, 5.74) is 1.25. The molecule has 0 saturated heterocycles. The van der Waals surface area contributed by atoms with Crippen molar-refractivity contribution in [1.82, 2.24) is 19.8 Å². The van der Waals surface area contributed by atoms with E-state index in [1.165, 1.54) is 23.7 Å². The molecule has 0 spiro atoms. The lowest BCUT2D eigenvalue weighted by molar-refractivity contribution is -0.121. The van der Waals surface area contributed by atoms with Crippen LogP contribution in [0.3, 0.4) is 0 Å². The molecule has 1 aromatic carbocycles. The van der Waals surface area contributed by atoms with E-state index in [4.69, 9.17) is 0 Å². The molecule has 0 aliphatic heterocycles. The second-order valence-corrected chi connectivity index (χ2v) is 6.05. The zero-order valence-electron chi connectivity index (χ0n) is 14.2. The van der Waals surface area contributed by atoms with Gasteiger partial charge in [-0.15, -0.1) is 0 Å². The molecule has 0 bridgehead atoms. The minimum absolute atomic E-state index is 0.0965. The van der Waals surface area contributed by atoms with Gasteiger partial charge < -0.3 is 10.2 Å². The van der Waals surface area contributed by atoms with E-state index in [0.29, 0.717) is 5.56 Å². The number of carbonyl (C=O) groups is 2. The zero-order valence-corrected chi connectivity index (χ0v) is 15.1. The van der Waals surface area contributed by atoms with Crippen molar-refractivity contribution >= 4 is 23.6 Å². The Balaban J connectivity index is 2.27. The van der Waals surface area contributed by atoms with E-state index in [1.54, 1.807) is 24.4 Å². The van der Waals surface area contributed by atoms with Gasteiger partial charge in [-0.3, -0.25) is 18.5 Å². The third-order valence-corrected chi connectivity index (χ3v) is 4.29. The largest absolute Gasteiger partial charge is 0.358 e. The van der Waals surface area contributed by atoms with E-state index in [-0.39, 0.29) is 31.3 Å². The first-order valence-corrected chi connectivity index (χ1v) is 9.06. The number of nitrogens with one attached hydrogen (secondary N) is 1. The molecule has 1 heterocycles. The highest BCUT2D eigenvalue weighted by atomic mass is 32.2. The second-order valence-electron chi connectivity index (χ2n) is 5.28. The van der Waals surface area contributed by atoms with Crippen molar-refractivity contribution < 1.29 is 14.0 Å². The van der Waals surface area contributed by atoms with Crippen LogP contribution in [0.25, 0.3) is 5.69 Å². The number of benzene rings is 1. The quantitative estimate of drug-likeness (QED) is 0.729. The van der Waals surface area contributed by atoms with Crippen LogP contribution in [0, 0.1) is 0 Å². The van der Waals surface area contributed by atoms with Crippen molar-refractivity contribution in [2.24, 2.45) is 0 Å². The molecule has 2 rings (SSSR count). The summed E-state index contributed by atoms with van der Waals surface area (Å²) in [6, 6.07) is 7.09. The van der Waals surface area contributed by atoms with Crippen LogP contribution in [0.1, 0.15) is 16.8 Å². The molecule has 2 amide bonds. The van der Waals surface area contributed by atoms with E-state index >= 15 is 0 Å². The lowest BCUT2D eigenvalue weighted by atomic mass is 10.1. The van der Waals surface area contributed by atoms with Gasteiger partial charge in [0, 0.05) is 37.2 Å². The van der Waals surface area contributed by atoms with Crippen molar-refractivity contribution in [3.8, 4) is 5.69 Å². The first kappa shape index (κ1) is 19.0. The number of halogens is 1. The molecule has 1 aromatic heterocycles. The Hall–Kier alpha value is -2.35. The Labute approximate surface area is 150 Å². The monoisotopic (exact) mass is 364 g/mol. The zero-order chi connectivity index (χ0) is 18.2.